The Morgan fingerprint density at radius 2 is 1.78 bits per heavy atom. The summed E-state index contributed by atoms with van der Waals surface area (Å²) >= 11 is 0. The van der Waals surface area contributed by atoms with Gasteiger partial charge in [-0.25, -0.2) is 8.42 Å². The van der Waals surface area contributed by atoms with Gasteiger partial charge in [0.2, 0.25) is 0 Å². The van der Waals surface area contributed by atoms with E-state index in [1.807, 2.05) is 19.1 Å². The van der Waals surface area contributed by atoms with E-state index < -0.39 is 10.0 Å². The van der Waals surface area contributed by atoms with Crippen molar-refractivity contribution in [2.45, 2.75) is 31.1 Å². The first-order chi connectivity index (χ1) is 12.9. The lowest BCUT2D eigenvalue weighted by Gasteiger charge is -2.18. The second-order valence-electron chi connectivity index (χ2n) is 6.52. The molecule has 27 heavy (non-hydrogen) atoms. The molecular formula is C20H24N2O4S. The predicted molar refractivity (Wildman–Crippen MR) is 105 cm³/mol. The van der Waals surface area contributed by atoms with E-state index in [0.717, 1.165) is 24.8 Å². The number of carbonyl (C=O) groups is 1. The van der Waals surface area contributed by atoms with Crippen LogP contribution >= 0.6 is 0 Å². The van der Waals surface area contributed by atoms with Crippen molar-refractivity contribution in [3.63, 3.8) is 0 Å². The molecule has 1 aliphatic rings. The molecule has 0 aliphatic carbocycles. The molecule has 0 aromatic heterocycles. The van der Waals surface area contributed by atoms with Gasteiger partial charge in [-0.15, -0.1) is 0 Å². The molecule has 0 unspecified atom stereocenters. The molecule has 3 rings (SSSR count). The van der Waals surface area contributed by atoms with Crippen LogP contribution in [0.4, 0.5) is 5.69 Å². The maximum Gasteiger partial charge on any atom is 0.261 e. The third-order valence-electron chi connectivity index (χ3n) is 4.72. The number of ether oxygens (including phenoxy) is 1. The SMILES string of the molecule is CCc1ccc(NS(=O)(=O)c2ccc(OC)c(C(=O)N3CCCC3)c2)cc1. The largest absolute Gasteiger partial charge is 0.496 e. The van der Waals surface area contributed by atoms with Crippen molar-refractivity contribution in [2.24, 2.45) is 0 Å². The first-order valence-electron chi connectivity index (χ1n) is 9.03. The quantitative estimate of drug-likeness (QED) is 0.824. The standard InChI is InChI=1S/C20H24N2O4S/c1-3-15-6-8-16(9-7-15)21-27(24,25)17-10-11-19(26-2)18(14-17)20(23)22-12-4-5-13-22/h6-11,14,21H,3-5,12-13H2,1-2H3. The lowest BCUT2D eigenvalue weighted by atomic mass is 10.1. The zero-order valence-electron chi connectivity index (χ0n) is 15.6. The van der Waals surface area contributed by atoms with Gasteiger partial charge in [0.05, 0.1) is 17.6 Å². The summed E-state index contributed by atoms with van der Waals surface area (Å²) in [6.07, 6.45) is 2.80. The molecular weight excluding hydrogens is 364 g/mol. The van der Waals surface area contributed by atoms with Crippen LogP contribution in [0.2, 0.25) is 0 Å². The van der Waals surface area contributed by atoms with Gasteiger partial charge in [-0.1, -0.05) is 19.1 Å². The Bertz CT molecular complexity index is 917. The molecule has 0 radical (unpaired) electrons. The van der Waals surface area contributed by atoms with E-state index in [9.17, 15) is 13.2 Å². The van der Waals surface area contributed by atoms with E-state index in [4.69, 9.17) is 4.74 Å². The number of methoxy groups -OCH3 is 1. The van der Waals surface area contributed by atoms with Crippen molar-refractivity contribution in [3.8, 4) is 5.75 Å². The third-order valence-corrected chi connectivity index (χ3v) is 6.10. The second-order valence-corrected chi connectivity index (χ2v) is 8.20. The number of benzene rings is 2. The van der Waals surface area contributed by atoms with Crippen LogP contribution in [0, 0.1) is 0 Å². The molecule has 1 heterocycles. The molecule has 6 nitrogen and oxygen atoms in total. The third kappa shape index (κ3) is 4.24. The molecule has 0 atom stereocenters. The Kier molecular flexibility index (Phi) is 5.70. The monoisotopic (exact) mass is 388 g/mol. The highest BCUT2D eigenvalue weighted by molar-refractivity contribution is 7.92. The Labute approximate surface area is 160 Å². The molecule has 1 aliphatic heterocycles. The molecule has 7 heteroatoms. The van der Waals surface area contributed by atoms with Crippen molar-refractivity contribution < 1.29 is 17.9 Å². The van der Waals surface area contributed by atoms with Crippen LogP contribution in [-0.2, 0) is 16.4 Å². The number of anilines is 1. The number of sulfonamides is 1. The summed E-state index contributed by atoms with van der Waals surface area (Å²) in [5, 5.41) is 0. The summed E-state index contributed by atoms with van der Waals surface area (Å²) in [6.45, 7) is 3.40. The van der Waals surface area contributed by atoms with E-state index in [2.05, 4.69) is 4.72 Å². The molecule has 1 fully saturated rings. The maximum absolute atomic E-state index is 12.8. The number of rotatable bonds is 6. The summed E-state index contributed by atoms with van der Waals surface area (Å²) in [7, 11) is -2.34. The Morgan fingerprint density at radius 1 is 1.11 bits per heavy atom. The zero-order valence-corrected chi connectivity index (χ0v) is 16.4. The Hall–Kier alpha value is -2.54. The van der Waals surface area contributed by atoms with Crippen molar-refractivity contribution in [1.82, 2.24) is 4.90 Å². The Morgan fingerprint density at radius 3 is 2.37 bits per heavy atom. The number of hydrogen-bond acceptors (Lipinski definition) is 4. The predicted octanol–water partition coefficient (Wildman–Crippen LogP) is 3.29. The molecule has 1 amide bonds. The van der Waals surface area contributed by atoms with Crippen LogP contribution in [0.3, 0.4) is 0 Å². The van der Waals surface area contributed by atoms with Crippen LogP contribution in [0.5, 0.6) is 5.75 Å². The fourth-order valence-electron chi connectivity index (χ4n) is 3.13. The molecule has 2 aromatic rings. The van der Waals surface area contributed by atoms with Crippen LogP contribution in [0.25, 0.3) is 0 Å². The van der Waals surface area contributed by atoms with E-state index in [1.165, 1.54) is 25.3 Å². The van der Waals surface area contributed by atoms with Gasteiger partial charge >= 0.3 is 0 Å². The molecule has 0 bridgehead atoms. The minimum Gasteiger partial charge on any atom is -0.496 e. The molecule has 2 aromatic carbocycles. The van der Waals surface area contributed by atoms with Crippen LogP contribution in [-0.4, -0.2) is 39.4 Å². The highest BCUT2D eigenvalue weighted by atomic mass is 32.2. The topological polar surface area (TPSA) is 75.7 Å². The zero-order chi connectivity index (χ0) is 19.4. The number of carbonyl (C=O) groups excluding carboxylic acids is 1. The van der Waals surface area contributed by atoms with Gasteiger partial charge in [-0.05, 0) is 55.2 Å². The molecule has 0 spiro atoms. The van der Waals surface area contributed by atoms with E-state index in [-0.39, 0.29) is 16.4 Å². The number of nitrogens with zero attached hydrogens (tertiary/aromatic N) is 1. The number of likely N-dealkylation sites (tertiary alicyclic amines) is 1. The van der Waals surface area contributed by atoms with Gasteiger partial charge < -0.3 is 9.64 Å². The van der Waals surface area contributed by atoms with Gasteiger partial charge in [0.15, 0.2) is 0 Å². The van der Waals surface area contributed by atoms with Crippen LogP contribution < -0.4 is 9.46 Å². The second kappa shape index (κ2) is 8.00. The van der Waals surface area contributed by atoms with Gasteiger partial charge in [0, 0.05) is 18.8 Å². The maximum atomic E-state index is 12.8. The van der Waals surface area contributed by atoms with Crippen molar-refractivity contribution in [1.29, 1.82) is 0 Å². The van der Waals surface area contributed by atoms with Gasteiger partial charge in [-0.3, -0.25) is 9.52 Å². The number of hydrogen-bond donors (Lipinski definition) is 1. The molecule has 1 N–H and O–H groups in total. The van der Waals surface area contributed by atoms with Gasteiger partial charge in [0.1, 0.15) is 5.75 Å². The highest BCUT2D eigenvalue weighted by Crippen LogP contribution is 2.26. The lowest BCUT2D eigenvalue weighted by Crippen LogP contribution is -2.28. The van der Waals surface area contributed by atoms with E-state index >= 15 is 0 Å². The first kappa shape index (κ1) is 19.2. The highest BCUT2D eigenvalue weighted by Gasteiger charge is 2.25. The van der Waals surface area contributed by atoms with Gasteiger partial charge in [0.25, 0.3) is 15.9 Å². The first-order valence-corrected chi connectivity index (χ1v) is 10.5. The van der Waals surface area contributed by atoms with E-state index in [0.29, 0.717) is 24.5 Å². The van der Waals surface area contributed by atoms with Crippen molar-refractivity contribution >= 4 is 21.6 Å². The minimum absolute atomic E-state index is 0.0328. The number of amides is 1. The van der Waals surface area contributed by atoms with Crippen LogP contribution in [0.1, 0.15) is 35.7 Å². The fourth-order valence-corrected chi connectivity index (χ4v) is 4.22. The van der Waals surface area contributed by atoms with Crippen LogP contribution in [0.15, 0.2) is 47.4 Å². The summed E-state index contributed by atoms with van der Waals surface area (Å²) < 4.78 is 33.4. The average molecular weight is 388 g/mol. The van der Waals surface area contributed by atoms with Crippen molar-refractivity contribution in [2.75, 3.05) is 24.9 Å². The summed E-state index contributed by atoms with van der Waals surface area (Å²) in [6, 6.07) is 11.6. The number of nitrogens with one attached hydrogen (secondary N) is 1. The number of aryl methyl sites for hydroxylation is 1. The van der Waals surface area contributed by atoms with E-state index in [1.54, 1.807) is 17.0 Å². The fraction of sp³-hybridized carbons (Fsp3) is 0.350. The summed E-state index contributed by atoms with van der Waals surface area (Å²) in [4.78, 5) is 14.5. The Balaban J connectivity index is 1.90. The molecule has 144 valence electrons. The lowest BCUT2D eigenvalue weighted by molar-refractivity contribution is 0.0789. The summed E-state index contributed by atoms with van der Waals surface area (Å²) in [5.74, 6) is 0.173. The average Bonchev–Trinajstić information content (AvgIpc) is 3.22. The molecule has 0 saturated carbocycles. The smallest absolute Gasteiger partial charge is 0.261 e. The van der Waals surface area contributed by atoms with Gasteiger partial charge in [-0.2, -0.15) is 0 Å². The minimum atomic E-state index is -3.81. The molecule has 1 saturated heterocycles. The normalized spacial score (nSPS) is 14.2. The van der Waals surface area contributed by atoms with Crippen molar-refractivity contribution in [3.05, 3.63) is 53.6 Å². The summed E-state index contributed by atoms with van der Waals surface area (Å²) in [5.41, 5.74) is 1.87.